The molecule has 8 nitrogen and oxygen atoms in total. The van der Waals surface area contributed by atoms with Gasteiger partial charge in [0.1, 0.15) is 23.8 Å². The van der Waals surface area contributed by atoms with Crippen molar-refractivity contribution in [3.63, 3.8) is 0 Å². The Morgan fingerprint density at radius 1 is 1.26 bits per heavy atom. The molecule has 4 rings (SSSR count). The van der Waals surface area contributed by atoms with Crippen LogP contribution in [0.1, 0.15) is 37.8 Å². The molecule has 1 N–H and O–H groups in total. The molecule has 0 aromatic carbocycles. The van der Waals surface area contributed by atoms with E-state index in [0.717, 1.165) is 47.9 Å². The number of rotatable bonds is 3. The van der Waals surface area contributed by atoms with Crippen molar-refractivity contribution in [2.45, 2.75) is 45.2 Å². The third kappa shape index (κ3) is 2.34. The summed E-state index contributed by atoms with van der Waals surface area (Å²) in [7, 11) is 1.89. The maximum absolute atomic E-state index is 4.40. The molecular formula is C15H20N8. The molecule has 0 saturated heterocycles. The first-order valence-electron chi connectivity index (χ1n) is 7.94. The van der Waals surface area contributed by atoms with Crippen LogP contribution in [0, 0.1) is 0 Å². The Morgan fingerprint density at radius 3 is 2.96 bits per heavy atom. The van der Waals surface area contributed by atoms with E-state index in [1.54, 1.807) is 11.0 Å². The molecule has 1 unspecified atom stereocenters. The summed E-state index contributed by atoms with van der Waals surface area (Å²) in [5.74, 6) is 3.36. The van der Waals surface area contributed by atoms with Gasteiger partial charge in [0, 0.05) is 32.0 Å². The van der Waals surface area contributed by atoms with Crippen molar-refractivity contribution in [2.75, 3.05) is 5.32 Å². The van der Waals surface area contributed by atoms with Gasteiger partial charge >= 0.3 is 0 Å². The van der Waals surface area contributed by atoms with Crippen LogP contribution in [-0.4, -0.2) is 40.6 Å². The summed E-state index contributed by atoms with van der Waals surface area (Å²) in [6.07, 6.45) is 5.34. The van der Waals surface area contributed by atoms with Crippen LogP contribution in [0.2, 0.25) is 0 Å². The highest BCUT2D eigenvalue weighted by molar-refractivity contribution is 5.86. The highest BCUT2D eigenvalue weighted by atomic mass is 15.3. The number of nitrogens with zero attached hydrogens (tertiary/aromatic N) is 7. The normalized spacial score (nSPS) is 17.7. The Hall–Kier alpha value is -2.51. The van der Waals surface area contributed by atoms with Crippen LogP contribution >= 0.6 is 0 Å². The zero-order chi connectivity index (χ0) is 16.0. The fourth-order valence-electron chi connectivity index (χ4n) is 3.16. The molecule has 120 valence electrons. The van der Waals surface area contributed by atoms with Gasteiger partial charge in [-0.1, -0.05) is 13.8 Å². The zero-order valence-corrected chi connectivity index (χ0v) is 13.6. The first-order chi connectivity index (χ1) is 11.1. The third-order valence-electron chi connectivity index (χ3n) is 4.36. The fourth-order valence-corrected chi connectivity index (χ4v) is 3.16. The van der Waals surface area contributed by atoms with Crippen LogP contribution in [0.4, 0.5) is 5.82 Å². The fraction of sp³-hybridized carbons (Fsp3) is 0.533. The molecular weight excluding hydrogens is 292 g/mol. The van der Waals surface area contributed by atoms with Crippen LogP contribution in [0.15, 0.2) is 12.5 Å². The monoisotopic (exact) mass is 312 g/mol. The van der Waals surface area contributed by atoms with E-state index >= 15 is 0 Å². The minimum Gasteiger partial charge on any atom is -0.365 e. The predicted octanol–water partition coefficient (Wildman–Crippen LogP) is 1.51. The van der Waals surface area contributed by atoms with Crippen LogP contribution in [-0.2, 0) is 20.0 Å². The molecule has 0 aliphatic carbocycles. The molecule has 4 heterocycles. The van der Waals surface area contributed by atoms with Gasteiger partial charge in [0.2, 0.25) is 0 Å². The van der Waals surface area contributed by atoms with Crippen molar-refractivity contribution in [3.05, 3.63) is 24.2 Å². The predicted molar refractivity (Wildman–Crippen MR) is 86.1 cm³/mol. The van der Waals surface area contributed by atoms with E-state index in [4.69, 9.17) is 0 Å². The SMILES string of the molecule is CC(C)c1nnc2n1CC(Nc1ncnc3c1cnn3C)CC2. The maximum atomic E-state index is 4.40. The first kappa shape index (κ1) is 14.1. The average molecular weight is 312 g/mol. The summed E-state index contributed by atoms with van der Waals surface area (Å²) >= 11 is 0. The molecule has 1 aliphatic rings. The smallest absolute Gasteiger partial charge is 0.163 e. The van der Waals surface area contributed by atoms with E-state index in [-0.39, 0.29) is 0 Å². The van der Waals surface area contributed by atoms with Gasteiger partial charge in [0.15, 0.2) is 5.65 Å². The molecule has 0 spiro atoms. The van der Waals surface area contributed by atoms with E-state index in [2.05, 4.69) is 49.0 Å². The van der Waals surface area contributed by atoms with Crippen molar-refractivity contribution in [3.8, 4) is 0 Å². The lowest BCUT2D eigenvalue weighted by Gasteiger charge is -2.26. The maximum Gasteiger partial charge on any atom is 0.163 e. The minimum atomic E-state index is 0.300. The molecule has 0 saturated carbocycles. The van der Waals surface area contributed by atoms with E-state index < -0.39 is 0 Å². The van der Waals surface area contributed by atoms with Gasteiger partial charge in [-0.2, -0.15) is 5.10 Å². The largest absolute Gasteiger partial charge is 0.365 e. The highest BCUT2D eigenvalue weighted by Gasteiger charge is 2.24. The zero-order valence-electron chi connectivity index (χ0n) is 13.6. The summed E-state index contributed by atoms with van der Waals surface area (Å²) in [6, 6.07) is 0.300. The average Bonchev–Trinajstić information content (AvgIpc) is 3.12. The second-order valence-electron chi connectivity index (χ2n) is 6.35. The summed E-state index contributed by atoms with van der Waals surface area (Å²) < 4.78 is 4.01. The Morgan fingerprint density at radius 2 is 2.13 bits per heavy atom. The van der Waals surface area contributed by atoms with Gasteiger partial charge in [-0.3, -0.25) is 4.68 Å². The number of nitrogens with one attached hydrogen (secondary N) is 1. The van der Waals surface area contributed by atoms with E-state index in [9.17, 15) is 0 Å². The molecule has 1 aliphatic heterocycles. The van der Waals surface area contributed by atoms with Gasteiger partial charge in [0.05, 0.1) is 11.6 Å². The Balaban J connectivity index is 1.61. The summed E-state index contributed by atoms with van der Waals surface area (Å²) in [5.41, 5.74) is 0.839. The van der Waals surface area contributed by atoms with Gasteiger partial charge in [-0.25, -0.2) is 9.97 Å². The topological polar surface area (TPSA) is 86.3 Å². The lowest BCUT2D eigenvalue weighted by molar-refractivity contribution is 0.459. The summed E-state index contributed by atoms with van der Waals surface area (Å²) in [5, 5.41) is 17.4. The van der Waals surface area contributed by atoms with Gasteiger partial charge < -0.3 is 9.88 Å². The second-order valence-corrected chi connectivity index (χ2v) is 6.35. The van der Waals surface area contributed by atoms with Crippen LogP contribution in [0.25, 0.3) is 11.0 Å². The van der Waals surface area contributed by atoms with Crippen molar-refractivity contribution in [1.82, 2.24) is 34.5 Å². The summed E-state index contributed by atoms with van der Waals surface area (Å²) in [6.45, 7) is 5.16. The number of fused-ring (bicyclic) bond motifs is 2. The molecule has 0 fully saturated rings. The van der Waals surface area contributed by atoms with Gasteiger partial charge in [0.25, 0.3) is 0 Å². The Kier molecular flexibility index (Phi) is 3.24. The lowest BCUT2D eigenvalue weighted by atomic mass is 10.1. The quantitative estimate of drug-likeness (QED) is 0.789. The minimum absolute atomic E-state index is 0.300. The highest BCUT2D eigenvalue weighted by Crippen LogP contribution is 2.24. The third-order valence-corrected chi connectivity index (χ3v) is 4.36. The number of anilines is 1. The number of aromatic nitrogens is 7. The van der Waals surface area contributed by atoms with Crippen LogP contribution < -0.4 is 5.32 Å². The van der Waals surface area contributed by atoms with Crippen LogP contribution in [0.3, 0.4) is 0 Å². The van der Waals surface area contributed by atoms with E-state index in [0.29, 0.717) is 12.0 Å². The molecule has 3 aromatic heterocycles. The molecule has 0 radical (unpaired) electrons. The number of hydrogen-bond donors (Lipinski definition) is 1. The van der Waals surface area contributed by atoms with E-state index in [1.165, 1.54) is 0 Å². The van der Waals surface area contributed by atoms with Gasteiger partial charge in [-0.15, -0.1) is 10.2 Å². The van der Waals surface area contributed by atoms with Crippen molar-refractivity contribution in [1.29, 1.82) is 0 Å². The molecule has 3 aromatic rings. The molecule has 1 atom stereocenters. The van der Waals surface area contributed by atoms with Crippen LogP contribution in [0.5, 0.6) is 0 Å². The molecule has 0 amide bonds. The number of aryl methyl sites for hydroxylation is 2. The Bertz CT molecular complexity index is 846. The molecule has 23 heavy (non-hydrogen) atoms. The van der Waals surface area contributed by atoms with Crippen molar-refractivity contribution >= 4 is 16.9 Å². The second kappa shape index (κ2) is 5.29. The first-order valence-corrected chi connectivity index (χ1v) is 7.94. The summed E-state index contributed by atoms with van der Waals surface area (Å²) in [4.78, 5) is 8.68. The molecule has 8 heteroatoms. The van der Waals surface area contributed by atoms with E-state index in [1.807, 2.05) is 13.2 Å². The number of hydrogen-bond acceptors (Lipinski definition) is 6. The van der Waals surface area contributed by atoms with Gasteiger partial charge in [-0.05, 0) is 6.42 Å². The Labute approximate surface area is 134 Å². The molecule has 0 bridgehead atoms. The van der Waals surface area contributed by atoms with Crippen molar-refractivity contribution < 1.29 is 0 Å². The van der Waals surface area contributed by atoms with Crippen molar-refractivity contribution in [2.24, 2.45) is 7.05 Å². The lowest BCUT2D eigenvalue weighted by Crippen LogP contribution is -2.32. The standard InChI is InChI=1S/C15H20N8/c1-9(2)14-21-20-12-5-4-10(7-23(12)14)19-13-11-6-18-22(3)15(11)17-8-16-13/h6,8-10H,4-5,7H2,1-3H3,(H,16,17,19).